The summed E-state index contributed by atoms with van der Waals surface area (Å²) >= 11 is 5.69. The number of hydrogen-bond donors (Lipinski definition) is 3. The Labute approximate surface area is 120 Å². The van der Waals surface area contributed by atoms with E-state index in [0.717, 1.165) is 0 Å². The van der Waals surface area contributed by atoms with Gasteiger partial charge in [-0.05, 0) is 31.2 Å². The first-order valence-corrected chi connectivity index (χ1v) is 6.16. The van der Waals surface area contributed by atoms with Crippen LogP contribution < -0.4 is 16.2 Å². The van der Waals surface area contributed by atoms with Crippen LogP contribution in [-0.4, -0.2) is 31.1 Å². The summed E-state index contributed by atoms with van der Waals surface area (Å²) in [5, 5.41) is 2.72. The molecule has 1 aromatic carbocycles. The molecule has 108 valence electrons. The van der Waals surface area contributed by atoms with Crippen LogP contribution in [0.2, 0.25) is 5.02 Å². The topological polar surface area (TPSA) is 96.5 Å². The second-order valence-corrected chi connectivity index (χ2v) is 4.01. The van der Waals surface area contributed by atoms with Crippen LogP contribution in [0.25, 0.3) is 0 Å². The highest BCUT2D eigenvalue weighted by Crippen LogP contribution is 2.08. The van der Waals surface area contributed by atoms with E-state index in [2.05, 4.69) is 20.9 Å². The number of benzene rings is 1. The molecule has 3 amide bonds. The van der Waals surface area contributed by atoms with Crippen molar-refractivity contribution < 1.29 is 19.1 Å². The number of ether oxygens (including phenoxy) is 1. The lowest BCUT2D eigenvalue weighted by Gasteiger charge is -2.08. The van der Waals surface area contributed by atoms with E-state index in [1.54, 1.807) is 19.1 Å². The molecule has 0 heterocycles. The molecular weight excluding hydrogens is 286 g/mol. The highest BCUT2D eigenvalue weighted by Gasteiger charge is 2.08. The van der Waals surface area contributed by atoms with Gasteiger partial charge in [0.25, 0.3) is 5.91 Å². The Morgan fingerprint density at radius 1 is 1.15 bits per heavy atom. The molecule has 20 heavy (non-hydrogen) atoms. The monoisotopic (exact) mass is 299 g/mol. The predicted octanol–water partition coefficient (Wildman–Crippen LogP) is 0.847. The zero-order chi connectivity index (χ0) is 15.0. The molecular formula is C12H14ClN3O4. The maximum absolute atomic E-state index is 11.6. The number of carbonyl (C=O) groups is 3. The molecule has 1 aromatic rings. The van der Waals surface area contributed by atoms with Crippen LogP contribution in [0.4, 0.5) is 4.79 Å². The zero-order valence-electron chi connectivity index (χ0n) is 10.7. The molecule has 0 aliphatic rings. The number of carbonyl (C=O) groups excluding carboxylic acids is 3. The van der Waals surface area contributed by atoms with Crippen LogP contribution in [0.15, 0.2) is 24.3 Å². The Bertz CT molecular complexity index is 490. The largest absolute Gasteiger partial charge is 0.465 e. The van der Waals surface area contributed by atoms with E-state index in [0.29, 0.717) is 10.6 Å². The van der Waals surface area contributed by atoms with E-state index in [4.69, 9.17) is 11.6 Å². The van der Waals surface area contributed by atoms with Crippen molar-refractivity contribution >= 4 is 29.5 Å². The first-order chi connectivity index (χ1) is 9.52. The van der Waals surface area contributed by atoms with Crippen molar-refractivity contribution in [2.75, 3.05) is 13.2 Å². The molecule has 0 fully saturated rings. The predicted molar refractivity (Wildman–Crippen MR) is 72.1 cm³/mol. The van der Waals surface area contributed by atoms with Crippen LogP contribution in [0, 0.1) is 0 Å². The zero-order valence-corrected chi connectivity index (χ0v) is 11.5. The summed E-state index contributed by atoms with van der Waals surface area (Å²) < 4.78 is 4.62. The number of rotatable bonds is 4. The molecule has 0 saturated heterocycles. The first kappa shape index (κ1) is 15.8. The molecule has 0 spiro atoms. The molecule has 7 nitrogen and oxygen atoms in total. The summed E-state index contributed by atoms with van der Waals surface area (Å²) in [5.41, 5.74) is 4.61. The van der Waals surface area contributed by atoms with Gasteiger partial charge in [0.15, 0.2) is 0 Å². The second kappa shape index (κ2) is 8.00. The van der Waals surface area contributed by atoms with Gasteiger partial charge in [-0.25, -0.2) is 10.2 Å². The number of halogens is 1. The van der Waals surface area contributed by atoms with Gasteiger partial charge in [0.05, 0.1) is 6.61 Å². The molecule has 1 rings (SSSR count). The fourth-order valence-corrected chi connectivity index (χ4v) is 1.32. The van der Waals surface area contributed by atoms with E-state index in [1.807, 2.05) is 0 Å². The minimum absolute atomic E-state index is 0.232. The van der Waals surface area contributed by atoms with Crippen molar-refractivity contribution in [3.63, 3.8) is 0 Å². The van der Waals surface area contributed by atoms with Gasteiger partial charge in [-0.15, -0.1) is 0 Å². The Morgan fingerprint density at radius 3 is 2.40 bits per heavy atom. The van der Waals surface area contributed by atoms with Crippen LogP contribution in [0.3, 0.4) is 0 Å². The number of hydrogen-bond acceptors (Lipinski definition) is 4. The van der Waals surface area contributed by atoms with Crippen molar-refractivity contribution in [2.45, 2.75) is 6.92 Å². The molecule has 8 heteroatoms. The number of esters is 1. The van der Waals surface area contributed by atoms with E-state index < -0.39 is 17.9 Å². The molecule has 0 atom stereocenters. The summed E-state index contributed by atoms with van der Waals surface area (Å²) in [6.07, 6.45) is 0. The Morgan fingerprint density at radius 2 is 1.80 bits per heavy atom. The minimum Gasteiger partial charge on any atom is -0.465 e. The number of amides is 3. The Balaban J connectivity index is 2.32. The first-order valence-electron chi connectivity index (χ1n) is 5.78. The third kappa shape index (κ3) is 5.57. The number of urea groups is 1. The molecule has 0 aliphatic heterocycles. The van der Waals surface area contributed by atoms with E-state index >= 15 is 0 Å². The maximum Gasteiger partial charge on any atom is 0.333 e. The fraction of sp³-hybridized carbons (Fsp3) is 0.250. The fourth-order valence-electron chi connectivity index (χ4n) is 1.20. The minimum atomic E-state index is -0.722. The van der Waals surface area contributed by atoms with Gasteiger partial charge in [0, 0.05) is 10.6 Å². The summed E-state index contributed by atoms with van der Waals surface area (Å²) in [5.74, 6) is -1.07. The highest BCUT2D eigenvalue weighted by atomic mass is 35.5. The number of hydrazine groups is 1. The molecule has 3 N–H and O–H groups in total. The van der Waals surface area contributed by atoms with Gasteiger partial charge in [-0.3, -0.25) is 15.0 Å². The number of nitrogens with one attached hydrogen (secondary N) is 3. The van der Waals surface area contributed by atoms with E-state index in [9.17, 15) is 14.4 Å². The van der Waals surface area contributed by atoms with Gasteiger partial charge in [0.2, 0.25) is 0 Å². The van der Waals surface area contributed by atoms with Gasteiger partial charge in [-0.2, -0.15) is 0 Å². The van der Waals surface area contributed by atoms with E-state index in [1.165, 1.54) is 12.1 Å². The molecule has 0 bridgehead atoms. The molecule has 0 radical (unpaired) electrons. The quantitative estimate of drug-likeness (QED) is 0.567. The lowest BCUT2D eigenvalue weighted by Crippen LogP contribution is -2.48. The molecule has 0 aromatic heterocycles. The van der Waals surface area contributed by atoms with Crippen LogP contribution in [0.1, 0.15) is 17.3 Å². The lowest BCUT2D eigenvalue weighted by molar-refractivity contribution is -0.141. The average Bonchev–Trinajstić information content (AvgIpc) is 2.43. The third-order valence-corrected chi connectivity index (χ3v) is 2.35. The summed E-state index contributed by atoms with van der Waals surface area (Å²) in [7, 11) is 0. The summed E-state index contributed by atoms with van der Waals surface area (Å²) in [4.78, 5) is 33.9. The second-order valence-electron chi connectivity index (χ2n) is 3.57. The maximum atomic E-state index is 11.6. The smallest absolute Gasteiger partial charge is 0.333 e. The van der Waals surface area contributed by atoms with Crippen LogP contribution in [0.5, 0.6) is 0 Å². The SMILES string of the molecule is CCOC(=O)CNC(=O)NNC(=O)c1ccc(Cl)cc1. The van der Waals surface area contributed by atoms with Crippen molar-refractivity contribution in [3.8, 4) is 0 Å². The van der Waals surface area contributed by atoms with Gasteiger partial charge >= 0.3 is 12.0 Å². The van der Waals surface area contributed by atoms with Gasteiger partial charge < -0.3 is 10.1 Å². The average molecular weight is 300 g/mol. The van der Waals surface area contributed by atoms with Crippen molar-refractivity contribution in [1.82, 2.24) is 16.2 Å². The van der Waals surface area contributed by atoms with Crippen molar-refractivity contribution in [1.29, 1.82) is 0 Å². The molecule has 0 unspecified atom stereocenters. The van der Waals surface area contributed by atoms with Crippen molar-refractivity contribution in [2.24, 2.45) is 0 Å². The van der Waals surface area contributed by atoms with Crippen molar-refractivity contribution in [3.05, 3.63) is 34.9 Å². The summed E-state index contributed by atoms with van der Waals surface area (Å²) in [6.45, 7) is 1.61. The molecule has 0 saturated carbocycles. The van der Waals surface area contributed by atoms with Gasteiger partial charge in [0.1, 0.15) is 6.54 Å². The standard InChI is InChI=1S/C12H14ClN3O4/c1-2-20-10(17)7-14-12(19)16-15-11(18)8-3-5-9(13)6-4-8/h3-6H,2,7H2,1H3,(H,15,18)(H2,14,16,19). The highest BCUT2D eigenvalue weighted by molar-refractivity contribution is 6.30. The summed E-state index contributed by atoms with van der Waals surface area (Å²) in [6, 6.07) is 5.40. The Kier molecular flexibility index (Phi) is 6.31. The normalized spacial score (nSPS) is 9.50. The lowest BCUT2D eigenvalue weighted by atomic mass is 10.2. The molecule has 0 aliphatic carbocycles. The third-order valence-electron chi connectivity index (χ3n) is 2.09. The van der Waals surface area contributed by atoms with E-state index in [-0.39, 0.29) is 13.2 Å². The van der Waals surface area contributed by atoms with Crippen LogP contribution >= 0.6 is 11.6 Å². The van der Waals surface area contributed by atoms with Crippen LogP contribution in [-0.2, 0) is 9.53 Å². The van der Waals surface area contributed by atoms with Gasteiger partial charge in [-0.1, -0.05) is 11.6 Å². The Hall–Kier alpha value is -2.28.